The van der Waals surface area contributed by atoms with Crippen LogP contribution in [-0.2, 0) is 26.0 Å². The smallest absolute Gasteiger partial charge is 0.338 e. The van der Waals surface area contributed by atoms with E-state index in [0.717, 1.165) is 11.3 Å². The van der Waals surface area contributed by atoms with Gasteiger partial charge in [-0.05, 0) is 18.4 Å². The SMILES string of the molecule is COC(=O)c1csc(CNS(=O)(=O)CC2CCOC2)c1. The second kappa shape index (κ2) is 6.66. The third-order valence-corrected chi connectivity index (χ3v) is 5.45. The Morgan fingerprint density at radius 1 is 1.60 bits per heavy atom. The molecule has 2 rings (SSSR count). The number of rotatable bonds is 6. The maximum Gasteiger partial charge on any atom is 0.338 e. The number of hydrogen-bond donors (Lipinski definition) is 1. The molecular formula is C12H17NO5S2. The Bertz CT molecular complexity index is 560. The van der Waals surface area contributed by atoms with Gasteiger partial charge < -0.3 is 9.47 Å². The molecule has 0 saturated carbocycles. The normalized spacial score (nSPS) is 19.1. The van der Waals surface area contributed by atoms with Gasteiger partial charge in [0.1, 0.15) is 0 Å². The van der Waals surface area contributed by atoms with Gasteiger partial charge in [-0.2, -0.15) is 0 Å². The summed E-state index contributed by atoms with van der Waals surface area (Å²) in [6.07, 6.45) is 0.784. The zero-order valence-electron chi connectivity index (χ0n) is 11.1. The molecule has 8 heteroatoms. The molecule has 1 aliphatic rings. The molecule has 0 bridgehead atoms. The number of nitrogens with one attached hydrogen (secondary N) is 1. The maximum atomic E-state index is 11.9. The molecule has 1 atom stereocenters. The highest BCUT2D eigenvalue weighted by Gasteiger charge is 2.23. The molecule has 1 aromatic heterocycles. The van der Waals surface area contributed by atoms with Gasteiger partial charge in [-0.25, -0.2) is 17.9 Å². The number of esters is 1. The monoisotopic (exact) mass is 319 g/mol. The summed E-state index contributed by atoms with van der Waals surface area (Å²) in [7, 11) is -2.01. The van der Waals surface area contributed by atoms with Crippen molar-refractivity contribution in [2.24, 2.45) is 5.92 Å². The average molecular weight is 319 g/mol. The van der Waals surface area contributed by atoms with E-state index in [1.54, 1.807) is 11.4 Å². The van der Waals surface area contributed by atoms with Crippen molar-refractivity contribution in [2.45, 2.75) is 13.0 Å². The van der Waals surface area contributed by atoms with Gasteiger partial charge in [0.2, 0.25) is 10.0 Å². The van der Waals surface area contributed by atoms with Gasteiger partial charge in [0.25, 0.3) is 0 Å². The third-order valence-electron chi connectivity index (χ3n) is 3.02. The van der Waals surface area contributed by atoms with Crippen LogP contribution in [0.2, 0.25) is 0 Å². The summed E-state index contributed by atoms with van der Waals surface area (Å²) in [5.74, 6) is -0.262. The van der Waals surface area contributed by atoms with Crippen molar-refractivity contribution >= 4 is 27.3 Å². The fourth-order valence-corrected chi connectivity index (χ4v) is 4.22. The number of carbonyl (C=O) groups excluding carboxylic acids is 1. The quantitative estimate of drug-likeness (QED) is 0.791. The van der Waals surface area contributed by atoms with E-state index in [-0.39, 0.29) is 18.2 Å². The van der Waals surface area contributed by atoms with E-state index < -0.39 is 16.0 Å². The summed E-state index contributed by atoms with van der Waals surface area (Å²) in [5.41, 5.74) is 0.441. The molecule has 1 N–H and O–H groups in total. The number of carbonyl (C=O) groups is 1. The van der Waals surface area contributed by atoms with Crippen LogP contribution in [0.25, 0.3) is 0 Å². The van der Waals surface area contributed by atoms with Crippen molar-refractivity contribution < 1.29 is 22.7 Å². The van der Waals surface area contributed by atoms with E-state index in [1.165, 1.54) is 18.4 Å². The minimum absolute atomic E-state index is 0.0708. The van der Waals surface area contributed by atoms with E-state index >= 15 is 0 Å². The summed E-state index contributed by atoms with van der Waals surface area (Å²) in [6, 6.07) is 1.64. The van der Waals surface area contributed by atoms with Crippen LogP contribution in [-0.4, -0.2) is 40.5 Å². The molecular weight excluding hydrogens is 302 g/mol. The van der Waals surface area contributed by atoms with Crippen molar-refractivity contribution in [2.75, 3.05) is 26.1 Å². The van der Waals surface area contributed by atoms with Gasteiger partial charge in [0.05, 0.1) is 25.0 Å². The van der Waals surface area contributed by atoms with Crippen molar-refractivity contribution in [3.63, 3.8) is 0 Å². The van der Waals surface area contributed by atoms with E-state index in [0.29, 0.717) is 18.8 Å². The van der Waals surface area contributed by atoms with Crippen LogP contribution < -0.4 is 4.72 Å². The van der Waals surface area contributed by atoms with Gasteiger partial charge in [0.15, 0.2) is 0 Å². The van der Waals surface area contributed by atoms with Crippen molar-refractivity contribution in [1.29, 1.82) is 0 Å². The van der Waals surface area contributed by atoms with Crippen molar-refractivity contribution in [1.82, 2.24) is 4.72 Å². The Morgan fingerprint density at radius 2 is 2.40 bits per heavy atom. The first kappa shape index (κ1) is 15.4. The fraction of sp³-hybridized carbons (Fsp3) is 0.583. The summed E-state index contributed by atoms with van der Waals surface area (Å²) >= 11 is 1.32. The third kappa shape index (κ3) is 4.27. The first-order valence-corrected chi connectivity index (χ1v) is 8.74. The first-order chi connectivity index (χ1) is 9.50. The zero-order chi connectivity index (χ0) is 14.6. The molecule has 1 saturated heterocycles. The zero-order valence-corrected chi connectivity index (χ0v) is 12.8. The Morgan fingerprint density at radius 3 is 3.05 bits per heavy atom. The van der Waals surface area contributed by atoms with Crippen LogP contribution in [0.4, 0.5) is 0 Å². The molecule has 2 heterocycles. The molecule has 1 unspecified atom stereocenters. The topological polar surface area (TPSA) is 81.7 Å². The van der Waals surface area contributed by atoms with Gasteiger partial charge in [0, 0.05) is 23.4 Å². The summed E-state index contributed by atoms with van der Waals surface area (Å²) < 4.78 is 36.1. The predicted octanol–water partition coefficient (Wildman–Crippen LogP) is 0.991. The van der Waals surface area contributed by atoms with Crippen LogP contribution in [0.5, 0.6) is 0 Å². The average Bonchev–Trinajstić information content (AvgIpc) is 3.06. The van der Waals surface area contributed by atoms with E-state index in [9.17, 15) is 13.2 Å². The summed E-state index contributed by atoms with van der Waals surface area (Å²) in [4.78, 5) is 12.1. The lowest BCUT2D eigenvalue weighted by molar-refractivity contribution is 0.0601. The molecule has 1 aliphatic heterocycles. The molecule has 0 aliphatic carbocycles. The molecule has 1 aromatic rings. The summed E-state index contributed by atoms with van der Waals surface area (Å²) in [6.45, 7) is 1.33. The van der Waals surface area contributed by atoms with E-state index in [4.69, 9.17) is 4.74 Å². The first-order valence-electron chi connectivity index (χ1n) is 6.21. The molecule has 1 fully saturated rings. The molecule has 20 heavy (non-hydrogen) atoms. The van der Waals surface area contributed by atoms with Crippen LogP contribution in [0.1, 0.15) is 21.7 Å². The van der Waals surface area contributed by atoms with E-state index in [2.05, 4.69) is 9.46 Å². The standard InChI is InChI=1S/C12H17NO5S2/c1-17-12(14)10-4-11(19-7-10)5-13-20(15,16)8-9-2-3-18-6-9/h4,7,9,13H,2-3,5-6,8H2,1H3. The number of methoxy groups -OCH3 is 1. The lowest BCUT2D eigenvalue weighted by Crippen LogP contribution is -2.29. The van der Waals surface area contributed by atoms with Crippen molar-refractivity contribution in [3.05, 3.63) is 21.9 Å². The number of thiophene rings is 1. The van der Waals surface area contributed by atoms with Crippen LogP contribution in [0.15, 0.2) is 11.4 Å². The molecule has 6 nitrogen and oxygen atoms in total. The number of ether oxygens (including phenoxy) is 2. The largest absolute Gasteiger partial charge is 0.465 e. The Hall–Kier alpha value is -0.960. The molecule has 0 spiro atoms. The fourth-order valence-electron chi connectivity index (χ4n) is 1.96. The lowest BCUT2D eigenvalue weighted by atomic mass is 10.2. The Labute approximate surface area is 122 Å². The molecule has 0 aromatic carbocycles. The van der Waals surface area contributed by atoms with Crippen LogP contribution >= 0.6 is 11.3 Å². The van der Waals surface area contributed by atoms with Gasteiger partial charge in [-0.15, -0.1) is 11.3 Å². The Kier molecular flexibility index (Phi) is 5.14. The molecule has 112 valence electrons. The number of hydrogen-bond acceptors (Lipinski definition) is 6. The molecule has 0 amide bonds. The van der Waals surface area contributed by atoms with Crippen LogP contribution in [0, 0.1) is 5.92 Å². The molecule has 0 radical (unpaired) electrons. The highest BCUT2D eigenvalue weighted by molar-refractivity contribution is 7.89. The van der Waals surface area contributed by atoms with Crippen LogP contribution in [0.3, 0.4) is 0 Å². The second-order valence-corrected chi connectivity index (χ2v) is 7.47. The lowest BCUT2D eigenvalue weighted by Gasteiger charge is -2.09. The van der Waals surface area contributed by atoms with Gasteiger partial charge in [-0.3, -0.25) is 0 Å². The van der Waals surface area contributed by atoms with Gasteiger partial charge >= 0.3 is 5.97 Å². The predicted molar refractivity (Wildman–Crippen MR) is 75.2 cm³/mol. The second-order valence-electron chi connectivity index (χ2n) is 4.63. The van der Waals surface area contributed by atoms with Gasteiger partial charge in [-0.1, -0.05) is 0 Å². The van der Waals surface area contributed by atoms with Crippen molar-refractivity contribution in [3.8, 4) is 0 Å². The Balaban J connectivity index is 1.87. The highest BCUT2D eigenvalue weighted by atomic mass is 32.2. The maximum absolute atomic E-state index is 11.9. The van der Waals surface area contributed by atoms with E-state index in [1.807, 2.05) is 0 Å². The highest BCUT2D eigenvalue weighted by Crippen LogP contribution is 2.17. The minimum Gasteiger partial charge on any atom is -0.465 e. The number of sulfonamides is 1. The summed E-state index contributed by atoms with van der Waals surface area (Å²) in [5, 5.41) is 1.65. The minimum atomic E-state index is -3.32.